The highest BCUT2D eigenvalue weighted by atomic mass is 35.5. The van der Waals surface area contributed by atoms with E-state index in [2.05, 4.69) is 15.3 Å². The van der Waals surface area contributed by atoms with Gasteiger partial charge in [-0.05, 0) is 37.3 Å². The molecule has 0 aliphatic heterocycles. The molecule has 2 rings (SSSR count). The average Bonchev–Trinajstić information content (AvgIpc) is 2.74. The summed E-state index contributed by atoms with van der Waals surface area (Å²) in [4.78, 5) is 8.12. The maximum absolute atomic E-state index is 5.89. The second-order valence-corrected chi connectivity index (χ2v) is 4.71. The molecule has 1 fully saturated rings. The predicted octanol–water partition coefficient (Wildman–Crippen LogP) is 2.62. The Morgan fingerprint density at radius 3 is 2.75 bits per heavy atom. The number of aromatic nitrogens is 2. The van der Waals surface area contributed by atoms with E-state index >= 15 is 0 Å². The zero-order valence-corrected chi connectivity index (χ0v) is 10.2. The van der Waals surface area contributed by atoms with E-state index in [1.807, 2.05) is 6.92 Å². The van der Waals surface area contributed by atoms with Crippen LogP contribution in [0.2, 0.25) is 5.28 Å². The minimum Gasteiger partial charge on any atom is -0.394 e. The number of nitrogens with zero attached hydrogens (tertiary/aromatic N) is 2. The summed E-state index contributed by atoms with van der Waals surface area (Å²) in [7, 11) is 0. The molecule has 1 aliphatic rings. The van der Waals surface area contributed by atoms with Crippen molar-refractivity contribution >= 4 is 23.1 Å². The number of anilines is 2. The van der Waals surface area contributed by atoms with Gasteiger partial charge in [-0.2, -0.15) is 4.98 Å². The van der Waals surface area contributed by atoms with Crippen LogP contribution in [0.25, 0.3) is 0 Å². The first-order chi connectivity index (χ1) is 7.66. The molecule has 1 saturated carbocycles. The van der Waals surface area contributed by atoms with Gasteiger partial charge in [0.2, 0.25) is 5.28 Å². The van der Waals surface area contributed by atoms with Crippen LogP contribution in [0.3, 0.4) is 0 Å². The number of nitrogens with two attached hydrogens (primary N) is 1. The van der Waals surface area contributed by atoms with E-state index in [0.29, 0.717) is 11.5 Å². The van der Waals surface area contributed by atoms with Gasteiger partial charge < -0.3 is 11.1 Å². The Morgan fingerprint density at radius 1 is 1.38 bits per heavy atom. The second-order valence-electron chi connectivity index (χ2n) is 4.37. The van der Waals surface area contributed by atoms with E-state index in [0.717, 1.165) is 18.2 Å². The van der Waals surface area contributed by atoms with Crippen molar-refractivity contribution in [3.05, 3.63) is 11.0 Å². The first kappa shape index (κ1) is 11.5. The van der Waals surface area contributed by atoms with E-state index in [1.165, 1.54) is 25.7 Å². The molecule has 0 unspecified atom stereocenters. The predicted molar refractivity (Wildman–Crippen MR) is 66.6 cm³/mol. The molecule has 0 spiro atoms. The highest BCUT2D eigenvalue weighted by Gasteiger charge is 2.15. The Morgan fingerprint density at radius 2 is 2.06 bits per heavy atom. The molecule has 0 saturated heterocycles. The van der Waals surface area contributed by atoms with Crippen LogP contribution in [0, 0.1) is 12.8 Å². The molecule has 0 aromatic carbocycles. The molecule has 1 heterocycles. The molecule has 1 aliphatic carbocycles. The van der Waals surface area contributed by atoms with Crippen LogP contribution in [-0.4, -0.2) is 16.5 Å². The third-order valence-electron chi connectivity index (χ3n) is 3.14. The molecule has 16 heavy (non-hydrogen) atoms. The lowest BCUT2D eigenvalue weighted by Gasteiger charge is -2.13. The zero-order valence-electron chi connectivity index (χ0n) is 9.46. The minimum atomic E-state index is 0.251. The molecule has 0 bridgehead atoms. The average molecular weight is 241 g/mol. The molecule has 0 atom stereocenters. The Labute approximate surface area is 101 Å². The van der Waals surface area contributed by atoms with E-state index < -0.39 is 0 Å². The maximum atomic E-state index is 5.89. The molecular weight excluding hydrogens is 224 g/mol. The monoisotopic (exact) mass is 240 g/mol. The lowest BCUT2D eigenvalue weighted by Crippen LogP contribution is -2.14. The van der Waals surface area contributed by atoms with Crippen molar-refractivity contribution in [2.24, 2.45) is 5.92 Å². The van der Waals surface area contributed by atoms with Crippen molar-refractivity contribution in [2.75, 3.05) is 17.6 Å². The Kier molecular flexibility index (Phi) is 3.49. The summed E-state index contributed by atoms with van der Waals surface area (Å²) in [6, 6.07) is 0. The van der Waals surface area contributed by atoms with Crippen molar-refractivity contribution in [1.82, 2.24) is 9.97 Å². The molecule has 0 amide bonds. The van der Waals surface area contributed by atoms with Gasteiger partial charge in [-0.15, -0.1) is 0 Å². The number of aryl methyl sites for hydroxylation is 1. The highest BCUT2D eigenvalue weighted by molar-refractivity contribution is 6.28. The van der Waals surface area contributed by atoms with Crippen LogP contribution in [-0.2, 0) is 0 Å². The van der Waals surface area contributed by atoms with Gasteiger partial charge in [-0.25, -0.2) is 4.98 Å². The van der Waals surface area contributed by atoms with Crippen molar-refractivity contribution in [3.8, 4) is 0 Å². The van der Waals surface area contributed by atoms with Crippen LogP contribution >= 0.6 is 11.6 Å². The van der Waals surface area contributed by atoms with Gasteiger partial charge in [0.05, 0.1) is 11.4 Å². The lowest BCUT2D eigenvalue weighted by molar-refractivity contribution is 0.579. The smallest absolute Gasteiger partial charge is 0.224 e. The molecule has 1 aromatic rings. The molecule has 0 radical (unpaired) electrons. The summed E-state index contributed by atoms with van der Waals surface area (Å²) in [6.07, 6.45) is 5.27. The maximum Gasteiger partial charge on any atom is 0.224 e. The van der Waals surface area contributed by atoms with Crippen LogP contribution < -0.4 is 11.1 Å². The van der Waals surface area contributed by atoms with Crippen LogP contribution in [0.15, 0.2) is 0 Å². The number of hydrogen-bond acceptors (Lipinski definition) is 4. The number of hydrogen-bond donors (Lipinski definition) is 2. The van der Waals surface area contributed by atoms with Gasteiger partial charge in [0.25, 0.3) is 0 Å². The zero-order chi connectivity index (χ0) is 11.5. The van der Waals surface area contributed by atoms with Crippen molar-refractivity contribution < 1.29 is 0 Å². The van der Waals surface area contributed by atoms with E-state index in [1.54, 1.807) is 0 Å². The fraction of sp³-hybridized carbons (Fsp3) is 0.636. The van der Waals surface area contributed by atoms with Gasteiger partial charge in [0.15, 0.2) is 5.82 Å². The van der Waals surface area contributed by atoms with E-state index in [4.69, 9.17) is 17.3 Å². The molecule has 88 valence electrons. The molecular formula is C11H17ClN4. The molecule has 3 N–H and O–H groups in total. The van der Waals surface area contributed by atoms with Crippen molar-refractivity contribution in [2.45, 2.75) is 32.6 Å². The quantitative estimate of drug-likeness (QED) is 0.798. The van der Waals surface area contributed by atoms with E-state index in [9.17, 15) is 0 Å². The third kappa shape index (κ3) is 2.55. The van der Waals surface area contributed by atoms with Gasteiger partial charge in [0, 0.05) is 6.54 Å². The fourth-order valence-electron chi connectivity index (χ4n) is 2.14. The Balaban J connectivity index is 2.02. The third-order valence-corrected chi connectivity index (χ3v) is 3.31. The summed E-state index contributed by atoms with van der Waals surface area (Å²) >= 11 is 5.80. The van der Waals surface area contributed by atoms with Crippen LogP contribution in [0.4, 0.5) is 11.5 Å². The SMILES string of the molecule is Cc1nc(Cl)nc(NCC2CCCC2)c1N. The summed E-state index contributed by atoms with van der Waals surface area (Å²) in [5.74, 6) is 1.41. The van der Waals surface area contributed by atoms with Gasteiger partial charge in [-0.3, -0.25) is 0 Å². The first-order valence-electron chi connectivity index (χ1n) is 5.70. The topological polar surface area (TPSA) is 63.8 Å². The number of halogens is 1. The van der Waals surface area contributed by atoms with Crippen molar-refractivity contribution in [1.29, 1.82) is 0 Å². The van der Waals surface area contributed by atoms with Crippen molar-refractivity contribution in [3.63, 3.8) is 0 Å². The first-order valence-corrected chi connectivity index (χ1v) is 6.08. The summed E-state index contributed by atoms with van der Waals surface area (Å²) in [6.45, 7) is 2.76. The van der Waals surface area contributed by atoms with Gasteiger partial charge >= 0.3 is 0 Å². The Bertz CT molecular complexity index is 374. The summed E-state index contributed by atoms with van der Waals surface area (Å²) in [5, 5.41) is 3.53. The van der Waals surface area contributed by atoms with Crippen LogP contribution in [0.1, 0.15) is 31.4 Å². The van der Waals surface area contributed by atoms with Crippen LogP contribution in [0.5, 0.6) is 0 Å². The number of rotatable bonds is 3. The lowest BCUT2D eigenvalue weighted by atomic mass is 10.1. The second kappa shape index (κ2) is 4.87. The molecule has 4 nitrogen and oxygen atoms in total. The highest BCUT2D eigenvalue weighted by Crippen LogP contribution is 2.26. The fourth-order valence-corrected chi connectivity index (χ4v) is 2.35. The van der Waals surface area contributed by atoms with E-state index in [-0.39, 0.29) is 5.28 Å². The Hall–Kier alpha value is -1.03. The van der Waals surface area contributed by atoms with Gasteiger partial charge in [0.1, 0.15) is 0 Å². The molecule has 5 heteroatoms. The standard InChI is InChI=1S/C11H17ClN4/c1-7-9(13)10(16-11(12)15-7)14-6-8-4-2-3-5-8/h8H,2-6,13H2,1H3,(H,14,15,16). The number of nitrogens with one attached hydrogen (secondary N) is 1. The largest absolute Gasteiger partial charge is 0.394 e. The minimum absolute atomic E-state index is 0.251. The summed E-state index contributed by atoms with van der Waals surface area (Å²) in [5.41, 5.74) is 7.22. The number of nitrogen functional groups attached to an aromatic ring is 1. The van der Waals surface area contributed by atoms with Gasteiger partial charge in [-0.1, -0.05) is 12.8 Å². The molecule has 1 aromatic heterocycles. The normalized spacial score (nSPS) is 16.6. The summed E-state index contributed by atoms with van der Waals surface area (Å²) < 4.78 is 0.